The van der Waals surface area contributed by atoms with Gasteiger partial charge in [-0.2, -0.15) is 0 Å². The number of carbonyl (C=O) groups excluding carboxylic acids is 2. The number of nitrogens with zero attached hydrogens (tertiary/aromatic N) is 1. The number of carbonyl (C=O) groups is 2. The van der Waals surface area contributed by atoms with Crippen LogP contribution in [-0.2, 0) is 24.5 Å². The summed E-state index contributed by atoms with van der Waals surface area (Å²) in [4.78, 5) is 27.6. The Morgan fingerprint density at radius 2 is 1.23 bits per heavy atom. The number of hydrogen-bond donors (Lipinski definition) is 0. The highest BCUT2D eigenvalue weighted by molar-refractivity contribution is 6.04. The Balaban J connectivity index is 1.97. The molecule has 5 nitrogen and oxygen atoms in total. The molecule has 0 saturated carbocycles. The van der Waals surface area contributed by atoms with E-state index in [1.807, 2.05) is 49.3 Å². The van der Waals surface area contributed by atoms with Gasteiger partial charge in [-0.25, -0.2) is 9.59 Å². The number of hydrogen-bond acceptors (Lipinski definition) is 5. The van der Waals surface area contributed by atoms with Crippen LogP contribution in [0.25, 0.3) is 0 Å². The van der Waals surface area contributed by atoms with Crippen LogP contribution in [0, 0.1) is 11.8 Å². The molecule has 2 aromatic rings. The molecule has 0 N–H and O–H groups in total. The van der Waals surface area contributed by atoms with Crippen molar-refractivity contribution in [3.8, 4) is 0 Å². The monoisotopic (exact) mass is 403 g/mol. The number of allylic oxidation sites excluding steroid dienone is 2. The first-order valence-corrected chi connectivity index (χ1v) is 9.89. The van der Waals surface area contributed by atoms with Crippen molar-refractivity contribution in [2.24, 2.45) is 11.8 Å². The van der Waals surface area contributed by atoms with E-state index in [9.17, 15) is 9.59 Å². The molecule has 0 radical (unpaired) electrons. The van der Waals surface area contributed by atoms with Crippen molar-refractivity contribution in [2.45, 2.75) is 5.41 Å². The van der Waals surface area contributed by atoms with Crippen LogP contribution in [0.15, 0.2) is 77.9 Å². The molecule has 0 heterocycles. The zero-order chi connectivity index (χ0) is 21.5. The van der Waals surface area contributed by atoms with E-state index in [2.05, 4.69) is 36.4 Å². The molecular weight excluding hydrogens is 378 g/mol. The lowest BCUT2D eigenvalue weighted by Gasteiger charge is -2.37. The van der Waals surface area contributed by atoms with E-state index in [1.165, 1.54) is 14.2 Å². The summed E-state index contributed by atoms with van der Waals surface area (Å²) in [6, 6.07) is 18.4. The Bertz CT molecular complexity index is 999. The third-order valence-electron chi connectivity index (χ3n) is 6.31. The minimum atomic E-state index is -0.612. The third-order valence-corrected chi connectivity index (χ3v) is 6.31. The fourth-order valence-corrected chi connectivity index (χ4v) is 5.03. The highest BCUT2D eigenvalue weighted by Gasteiger charge is 2.61. The highest BCUT2D eigenvalue weighted by Crippen LogP contribution is 2.61. The van der Waals surface area contributed by atoms with Crippen LogP contribution < -0.4 is 4.90 Å². The van der Waals surface area contributed by atoms with Crippen LogP contribution in [0.2, 0.25) is 0 Å². The zero-order valence-corrected chi connectivity index (χ0v) is 17.6. The fourth-order valence-electron chi connectivity index (χ4n) is 5.03. The molecule has 2 aliphatic rings. The van der Waals surface area contributed by atoms with Crippen LogP contribution in [0.5, 0.6) is 0 Å². The molecule has 4 rings (SSSR count). The predicted octanol–water partition coefficient (Wildman–Crippen LogP) is 3.50. The topological polar surface area (TPSA) is 55.8 Å². The molecule has 0 aromatic heterocycles. The molecule has 0 saturated heterocycles. The molecule has 0 spiro atoms. The lowest BCUT2D eigenvalue weighted by Crippen LogP contribution is -2.37. The summed E-state index contributed by atoms with van der Waals surface area (Å²) in [5, 5.41) is 0. The molecule has 154 valence electrons. The second kappa shape index (κ2) is 7.48. The summed E-state index contributed by atoms with van der Waals surface area (Å²) < 4.78 is 10.2. The summed E-state index contributed by atoms with van der Waals surface area (Å²) in [7, 11) is 6.68. The number of anilines is 1. The van der Waals surface area contributed by atoms with Crippen molar-refractivity contribution in [2.75, 3.05) is 33.2 Å². The van der Waals surface area contributed by atoms with Crippen LogP contribution in [0.4, 0.5) is 5.69 Å². The van der Waals surface area contributed by atoms with Crippen molar-refractivity contribution in [3.63, 3.8) is 0 Å². The van der Waals surface area contributed by atoms with Gasteiger partial charge in [0.05, 0.1) is 25.4 Å². The Morgan fingerprint density at radius 3 is 1.67 bits per heavy atom. The van der Waals surface area contributed by atoms with E-state index in [-0.39, 0.29) is 11.8 Å². The molecular formula is C25H25NO4. The van der Waals surface area contributed by atoms with Gasteiger partial charge < -0.3 is 14.4 Å². The SMILES string of the molecule is COC(=O)C1=C(C(=O)OC)[C@@H]2C=C[C@H]1C2(c1ccccc1)c1ccc(N(C)C)cc1. The quantitative estimate of drug-likeness (QED) is 0.565. The molecule has 2 bridgehead atoms. The van der Waals surface area contributed by atoms with Gasteiger partial charge in [0.1, 0.15) is 0 Å². The summed E-state index contributed by atoms with van der Waals surface area (Å²) in [5.41, 5.74) is 3.32. The number of rotatable bonds is 5. The maximum atomic E-state index is 12.8. The van der Waals surface area contributed by atoms with Gasteiger partial charge in [-0.05, 0) is 23.3 Å². The molecule has 30 heavy (non-hydrogen) atoms. The molecule has 2 aliphatic carbocycles. The largest absolute Gasteiger partial charge is 0.466 e. The minimum Gasteiger partial charge on any atom is -0.466 e. The van der Waals surface area contributed by atoms with Gasteiger partial charge in [-0.3, -0.25) is 0 Å². The van der Waals surface area contributed by atoms with Gasteiger partial charge >= 0.3 is 11.9 Å². The van der Waals surface area contributed by atoms with Crippen LogP contribution in [-0.4, -0.2) is 40.3 Å². The molecule has 5 heteroatoms. The van der Waals surface area contributed by atoms with E-state index in [0.717, 1.165) is 16.8 Å². The van der Waals surface area contributed by atoms with Crippen molar-refractivity contribution in [1.29, 1.82) is 0 Å². The highest BCUT2D eigenvalue weighted by atomic mass is 16.5. The summed E-state index contributed by atoms with van der Waals surface area (Å²) in [6.07, 6.45) is 4.05. The van der Waals surface area contributed by atoms with Crippen molar-refractivity contribution in [1.82, 2.24) is 0 Å². The van der Waals surface area contributed by atoms with Crippen molar-refractivity contribution in [3.05, 3.63) is 89.0 Å². The normalized spacial score (nSPS) is 24.1. The molecule has 0 aliphatic heterocycles. The first-order chi connectivity index (χ1) is 14.5. The van der Waals surface area contributed by atoms with E-state index < -0.39 is 17.4 Å². The second-order valence-corrected chi connectivity index (χ2v) is 7.83. The number of methoxy groups -OCH3 is 2. The maximum Gasteiger partial charge on any atom is 0.334 e. The van der Waals surface area contributed by atoms with E-state index in [0.29, 0.717) is 11.1 Å². The fraction of sp³-hybridized carbons (Fsp3) is 0.280. The maximum absolute atomic E-state index is 12.8. The van der Waals surface area contributed by atoms with E-state index >= 15 is 0 Å². The molecule has 3 atom stereocenters. The van der Waals surface area contributed by atoms with Gasteiger partial charge in [-0.1, -0.05) is 54.6 Å². The first kappa shape index (κ1) is 20.0. The van der Waals surface area contributed by atoms with Crippen molar-refractivity contribution < 1.29 is 19.1 Å². The molecule has 1 unspecified atom stereocenters. The number of fused-ring (bicyclic) bond motifs is 2. The van der Waals surface area contributed by atoms with Gasteiger partial charge in [0.2, 0.25) is 0 Å². The summed E-state index contributed by atoms with van der Waals surface area (Å²) in [6.45, 7) is 0. The predicted molar refractivity (Wildman–Crippen MR) is 115 cm³/mol. The number of esters is 2. The Labute approximate surface area is 176 Å². The van der Waals surface area contributed by atoms with Crippen molar-refractivity contribution >= 4 is 17.6 Å². The molecule has 0 fully saturated rings. The average molecular weight is 403 g/mol. The van der Waals surface area contributed by atoms with E-state index in [1.54, 1.807) is 0 Å². The smallest absolute Gasteiger partial charge is 0.334 e. The lowest BCUT2D eigenvalue weighted by atomic mass is 9.64. The summed E-state index contributed by atoms with van der Waals surface area (Å²) in [5.74, 6) is -1.62. The Morgan fingerprint density at radius 1 is 0.767 bits per heavy atom. The molecule has 0 amide bonds. The third kappa shape index (κ3) is 2.69. The standard InChI is InChI=1S/C25H25NO4/c1-26(2)18-12-10-17(11-13-18)25(16-8-6-5-7-9-16)19-14-15-20(25)22(24(28)30-4)21(19)23(27)29-3/h5-15,19-20H,1-4H3/t19-,20+,25?. The van der Waals surface area contributed by atoms with E-state index in [4.69, 9.17) is 9.47 Å². The number of ether oxygens (including phenoxy) is 2. The van der Waals surface area contributed by atoms with Gasteiger partial charge in [0.25, 0.3) is 0 Å². The van der Waals surface area contributed by atoms with Crippen LogP contribution in [0.3, 0.4) is 0 Å². The summed E-state index contributed by atoms with van der Waals surface area (Å²) >= 11 is 0. The first-order valence-electron chi connectivity index (χ1n) is 9.89. The van der Waals surface area contributed by atoms with Gasteiger partial charge in [0, 0.05) is 37.0 Å². The Hall–Kier alpha value is -3.34. The zero-order valence-electron chi connectivity index (χ0n) is 17.6. The average Bonchev–Trinajstić information content (AvgIpc) is 3.30. The van der Waals surface area contributed by atoms with Gasteiger partial charge in [0.15, 0.2) is 0 Å². The Kier molecular flexibility index (Phi) is 4.98. The minimum absolute atomic E-state index is 0.323. The number of benzene rings is 2. The van der Waals surface area contributed by atoms with Crippen LogP contribution in [0.1, 0.15) is 11.1 Å². The van der Waals surface area contributed by atoms with Crippen LogP contribution >= 0.6 is 0 Å². The lowest BCUT2D eigenvalue weighted by molar-refractivity contribution is -0.139. The second-order valence-electron chi connectivity index (χ2n) is 7.83. The molecule has 2 aromatic carbocycles. The van der Waals surface area contributed by atoms with Gasteiger partial charge in [-0.15, -0.1) is 0 Å².